The Balaban J connectivity index is 2.41. The Morgan fingerprint density at radius 3 is 2.59 bits per heavy atom. The molecule has 160 valence electrons. The van der Waals surface area contributed by atoms with Crippen molar-refractivity contribution >= 4 is 27.6 Å². The number of carbonyl (C=O) groups excluding carboxylic acids is 3. The minimum atomic E-state index is -4.35. The van der Waals surface area contributed by atoms with Crippen LogP contribution in [0.15, 0.2) is 29.4 Å². The second-order valence-corrected chi connectivity index (χ2v) is 9.71. The van der Waals surface area contributed by atoms with Gasteiger partial charge in [-0.1, -0.05) is 19.9 Å². The van der Waals surface area contributed by atoms with Crippen LogP contribution < -0.4 is 11.1 Å². The highest BCUT2D eigenvalue weighted by molar-refractivity contribution is 7.89. The molecule has 0 aliphatic carbocycles. The van der Waals surface area contributed by atoms with Gasteiger partial charge < -0.3 is 11.1 Å². The smallest absolute Gasteiger partial charge is 0.284 e. The van der Waals surface area contributed by atoms with Gasteiger partial charge in [-0.2, -0.15) is 8.42 Å². The van der Waals surface area contributed by atoms with Gasteiger partial charge in [0.15, 0.2) is 10.8 Å². The summed E-state index contributed by atoms with van der Waals surface area (Å²) in [5, 5.41) is 2.72. The van der Waals surface area contributed by atoms with Crippen LogP contribution in [0.4, 0.5) is 0 Å². The molecule has 0 aromatic carbocycles. The molecule has 0 bridgehead atoms. The van der Waals surface area contributed by atoms with Crippen molar-refractivity contribution in [1.29, 1.82) is 0 Å². The zero-order valence-electron chi connectivity index (χ0n) is 16.9. The molecular weight excluding hydrogens is 396 g/mol. The first-order chi connectivity index (χ1) is 13.5. The number of ketones is 1. The highest BCUT2D eigenvalue weighted by Gasteiger charge is 2.41. The number of nitrogens with two attached hydrogens (primary N) is 1. The Labute approximate surface area is 171 Å². The molecule has 29 heavy (non-hydrogen) atoms. The third kappa shape index (κ3) is 5.39. The Bertz CT molecular complexity index is 870. The van der Waals surface area contributed by atoms with Crippen LogP contribution in [-0.2, 0) is 24.4 Å². The number of aromatic nitrogens is 1. The molecule has 3 N–H and O–H groups in total. The standard InChI is InChI=1S/C19H28N4O5S/c1-13-7-8-14(15(24)12-22-13)23(17(25)9-10-19(2,3)18(20)26)29(27,28)16-6-4-5-11-21-16/h4-6,11,13-14,22H,7-10,12H2,1-3H3,(H2,20,26)/t13-,14+/m1/s1. The maximum Gasteiger partial charge on any atom is 0.284 e. The van der Waals surface area contributed by atoms with Crippen LogP contribution >= 0.6 is 0 Å². The molecule has 1 aliphatic heterocycles. The largest absolute Gasteiger partial charge is 0.369 e. The van der Waals surface area contributed by atoms with Crippen LogP contribution in [0.3, 0.4) is 0 Å². The first-order valence-corrected chi connectivity index (χ1v) is 10.9. The van der Waals surface area contributed by atoms with Gasteiger partial charge in [0, 0.05) is 24.1 Å². The summed E-state index contributed by atoms with van der Waals surface area (Å²) in [5.74, 6) is -1.72. The van der Waals surface area contributed by atoms with Gasteiger partial charge in [0.2, 0.25) is 11.8 Å². The predicted octanol–water partition coefficient (Wildman–Crippen LogP) is 0.600. The van der Waals surface area contributed by atoms with Crippen molar-refractivity contribution < 1.29 is 22.8 Å². The fraction of sp³-hybridized carbons (Fsp3) is 0.579. The van der Waals surface area contributed by atoms with Gasteiger partial charge in [0.25, 0.3) is 10.0 Å². The number of nitrogens with zero attached hydrogens (tertiary/aromatic N) is 2. The lowest BCUT2D eigenvalue weighted by Crippen LogP contribution is -2.50. The number of Topliss-reactive ketones (excluding diaryl/α,β-unsaturated/α-hetero) is 1. The summed E-state index contributed by atoms with van der Waals surface area (Å²) in [7, 11) is -4.35. The molecule has 0 spiro atoms. The number of carbonyl (C=O) groups is 3. The Kier molecular flexibility index (Phi) is 7.12. The van der Waals surface area contributed by atoms with Crippen molar-refractivity contribution in [2.75, 3.05) is 6.54 Å². The second kappa shape index (κ2) is 9.00. The second-order valence-electron chi connectivity index (χ2n) is 7.95. The average molecular weight is 425 g/mol. The predicted molar refractivity (Wildman–Crippen MR) is 106 cm³/mol. The van der Waals surface area contributed by atoms with E-state index in [4.69, 9.17) is 5.73 Å². The van der Waals surface area contributed by atoms with Gasteiger partial charge >= 0.3 is 0 Å². The van der Waals surface area contributed by atoms with E-state index >= 15 is 0 Å². The number of nitrogens with one attached hydrogen (secondary N) is 1. The number of sulfonamides is 1. The van der Waals surface area contributed by atoms with Crippen LogP contribution in [0, 0.1) is 5.41 Å². The van der Waals surface area contributed by atoms with Crippen LogP contribution in [-0.4, -0.2) is 53.9 Å². The molecule has 9 nitrogen and oxygen atoms in total. The zero-order valence-corrected chi connectivity index (χ0v) is 17.7. The van der Waals surface area contributed by atoms with E-state index in [1.165, 1.54) is 18.3 Å². The van der Waals surface area contributed by atoms with Crippen molar-refractivity contribution in [3.63, 3.8) is 0 Å². The quantitative estimate of drug-likeness (QED) is 0.653. The van der Waals surface area contributed by atoms with E-state index in [9.17, 15) is 22.8 Å². The summed E-state index contributed by atoms with van der Waals surface area (Å²) in [4.78, 5) is 41.2. The lowest BCUT2D eigenvalue weighted by molar-refractivity contribution is -0.135. The first kappa shape index (κ1) is 23.0. The lowest BCUT2D eigenvalue weighted by Gasteiger charge is -2.30. The monoisotopic (exact) mass is 424 g/mol. The molecule has 0 saturated carbocycles. The third-order valence-electron chi connectivity index (χ3n) is 5.19. The third-order valence-corrected chi connectivity index (χ3v) is 6.94. The number of rotatable bonds is 7. The van der Waals surface area contributed by atoms with E-state index in [0.29, 0.717) is 10.7 Å². The minimum Gasteiger partial charge on any atom is -0.369 e. The number of hydrogen-bond acceptors (Lipinski definition) is 7. The van der Waals surface area contributed by atoms with E-state index in [2.05, 4.69) is 10.3 Å². The molecule has 1 saturated heterocycles. The molecule has 1 aromatic heterocycles. The van der Waals surface area contributed by atoms with E-state index in [0.717, 1.165) is 0 Å². The molecule has 2 atom stereocenters. The van der Waals surface area contributed by atoms with Gasteiger partial charge in [0.05, 0.1) is 6.54 Å². The van der Waals surface area contributed by atoms with Crippen molar-refractivity contribution in [2.45, 2.75) is 63.6 Å². The van der Waals surface area contributed by atoms with Gasteiger partial charge in [-0.25, -0.2) is 9.29 Å². The highest BCUT2D eigenvalue weighted by Crippen LogP contribution is 2.27. The van der Waals surface area contributed by atoms with Crippen molar-refractivity contribution in [3.05, 3.63) is 24.4 Å². The van der Waals surface area contributed by atoms with Gasteiger partial charge in [-0.15, -0.1) is 0 Å². The summed E-state index contributed by atoms with van der Waals surface area (Å²) < 4.78 is 27.2. The Morgan fingerprint density at radius 1 is 1.31 bits per heavy atom. The van der Waals surface area contributed by atoms with E-state index in [1.807, 2.05) is 6.92 Å². The molecule has 2 heterocycles. The SMILES string of the molecule is C[C@@H]1CC[C@H](N(C(=O)CCC(C)(C)C(N)=O)S(=O)(=O)c2ccccn2)C(=O)CN1. The zero-order chi connectivity index (χ0) is 21.8. The number of amides is 2. The van der Waals surface area contributed by atoms with Crippen molar-refractivity contribution in [1.82, 2.24) is 14.6 Å². The van der Waals surface area contributed by atoms with Gasteiger partial charge in [-0.05, 0) is 38.3 Å². The molecule has 10 heteroatoms. The molecule has 1 aliphatic rings. The highest BCUT2D eigenvalue weighted by atomic mass is 32.2. The number of hydrogen-bond donors (Lipinski definition) is 2. The number of pyridine rings is 1. The summed E-state index contributed by atoms with van der Waals surface area (Å²) in [6.07, 6.45) is 1.87. The fourth-order valence-corrected chi connectivity index (χ4v) is 4.60. The molecule has 2 rings (SSSR count). The molecule has 0 radical (unpaired) electrons. The molecule has 1 fully saturated rings. The topological polar surface area (TPSA) is 140 Å². The fourth-order valence-electron chi connectivity index (χ4n) is 3.04. The summed E-state index contributed by atoms with van der Waals surface area (Å²) in [5.41, 5.74) is 4.37. The van der Waals surface area contributed by atoms with Gasteiger partial charge in [-0.3, -0.25) is 14.4 Å². The molecule has 1 aromatic rings. The summed E-state index contributed by atoms with van der Waals surface area (Å²) in [6.45, 7) is 5.04. The minimum absolute atomic E-state index is 0.0206. The van der Waals surface area contributed by atoms with E-state index < -0.39 is 33.3 Å². The van der Waals surface area contributed by atoms with Gasteiger partial charge in [0.1, 0.15) is 6.04 Å². The van der Waals surface area contributed by atoms with Crippen LogP contribution in [0.5, 0.6) is 0 Å². The summed E-state index contributed by atoms with van der Waals surface area (Å²) >= 11 is 0. The molecule has 2 amide bonds. The van der Waals surface area contributed by atoms with E-state index in [1.54, 1.807) is 19.9 Å². The Morgan fingerprint density at radius 2 is 2.00 bits per heavy atom. The molecule has 0 unspecified atom stereocenters. The van der Waals surface area contributed by atoms with Crippen LogP contribution in [0.1, 0.15) is 46.5 Å². The van der Waals surface area contributed by atoms with E-state index in [-0.39, 0.29) is 42.7 Å². The Hall–Kier alpha value is -2.33. The van der Waals surface area contributed by atoms with Crippen LogP contribution in [0.25, 0.3) is 0 Å². The molecular formula is C19H28N4O5S. The first-order valence-electron chi connectivity index (χ1n) is 9.51. The normalized spacial score (nSPS) is 20.7. The van der Waals surface area contributed by atoms with Crippen LogP contribution in [0.2, 0.25) is 0 Å². The maximum absolute atomic E-state index is 13.2. The maximum atomic E-state index is 13.2. The lowest BCUT2D eigenvalue weighted by atomic mass is 9.87. The number of primary amides is 1. The van der Waals surface area contributed by atoms with Crippen molar-refractivity contribution in [2.24, 2.45) is 11.1 Å². The van der Waals surface area contributed by atoms with Crippen molar-refractivity contribution in [3.8, 4) is 0 Å². The summed E-state index contributed by atoms with van der Waals surface area (Å²) in [6, 6.07) is 3.24. The average Bonchev–Trinajstić information content (AvgIpc) is 2.83.